The molecule has 0 aliphatic rings. The number of amides is 1. The number of hydrogen-bond donors (Lipinski definition) is 1. The normalized spacial score (nSPS) is 10.4. The van der Waals surface area contributed by atoms with Crippen LogP contribution in [0.15, 0.2) is 24.3 Å². The number of carbonyl (C=O) groups is 4. The lowest BCUT2D eigenvalue weighted by molar-refractivity contribution is -0.150. The fraction of sp³-hybridized carbons (Fsp3) is 0.692. The molecule has 0 atom stereocenters. The SMILES string of the molecule is C=C(C)C(=O)OCCOC(=O)CCCC.C=C(C)C(=O)OCCOC(=O)NCC(C)(C)CC(C)C. The molecule has 0 spiro atoms. The van der Waals surface area contributed by atoms with Gasteiger partial charge >= 0.3 is 24.0 Å². The van der Waals surface area contributed by atoms with Crippen LogP contribution in [0.5, 0.6) is 0 Å². The van der Waals surface area contributed by atoms with Crippen molar-refractivity contribution in [1.29, 1.82) is 0 Å². The van der Waals surface area contributed by atoms with Gasteiger partial charge in [0.2, 0.25) is 0 Å². The third-order valence-electron chi connectivity index (χ3n) is 4.23. The number of alkyl carbamates (subject to hydrolysis) is 1. The zero-order chi connectivity index (χ0) is 27.4. The van der Waals surface area contributed by atoms with Gasteiger partial charge in [-0.1, -0.05) is 54.2 Å². The van der Waals surface area contributed by atoms with Gasteiger partial charge in [-0.05, 0) is 38.0 Å². The molecule has 1 N–H and O–H groups in total. The molecule has 0 aliphatic heterocycles. The van der Waals surface area contributed by atoms with Crippen LogP contribution in [-0.2, 0) is 33.3 Å². The number of esters is 3. The van der Waals surface area contributed by atoms with Crippen LogP contribution < -0.4 is 5.32 Å². The van der Waals surface area contributed by atoms with Gasteiger partial charge in [-0.2, -0.15) is 0 Å². The first-order valence-corrected chi connectivity index (χ1v) is 11.9. The van der Waals surface area contributed by atoms with Crippen LogP contribution in [0, 0.1) is 11.3 Å². The second kappa shape index (κ2) is 19.5. The van der Waals surface area contributed by atoms with Crippen LogP contribution in [0.3, 0.4) is 0 Å². The Kier molecular flexibility index (Phi) is 19.1. The highest BCUT2D eigenvalue weighted by Gasteiger charge is 2.20. The van der Waals surface area contributed by atoms with E-state index in [1.165, 1.54) is 0 Å². The fourth-order valence-electron chi connectivity index (χ4n) is 2.74. The van der Waals surface area contributed by atoms with Crippen molar-refractivity contribution >= 4 is 24.0 Å². The van der Waals surface area contributed by atoms with Crippen LogP contribution in [0.2, 0.25) is 0 Å². The average Bonchev–Trinajstić information content (AvgIpc) is 2.75. The Morgan fingerprint density at radius 2 is 1.29 bits per heavy atom. The van der Waals surface area contributed by atoms with E-state index in [1.807, 2.05) is 6.92 Å². The summed E-state index contributed by atoms with van der Waals surface area (Å²) in [6.45, 7) is 21.3. The summed E-state index contributed by atoms with van der Waals surface area (Å²) in [6.07, 6.45) is 2.73. The Balaban J connectivity index is 0. The van der Waals surface area contributed by atoms with Crippen molar-refractivity contribution in [3.63, 3.8) is 0 Å². The predicted octanol–water partition coefficient (Wildman–Crippen LogP) is 4.74. The molecule has 9 heteroatoms. The summed E-state index contributed by atoms with van der Waals surface area (Å²) in [4.78, 5) is 44.4. The van der Waals surface area contributed by atoms with Crippen LogP contribution in [0.1, 0.15) is 74.1 Å². The molecule has 0 saturated carbocycles. The van der Waals surface area contributed by atoms with E-state index in [0.717, 1.165) is 19.3 Å². The molecule has 202 valence electrons. The molecule has 1 amide bonds. The molecule has 0 aromatic heterocycles. The number of ether oxygens (including phenoxy) is 4. The third kappa shape index (κ3) is 22.7. The molecule has 9 nitrogen and oxygen atoms in total. The summed E-state index contributed by atoms with van der Waals surface area (Å²) in [5.41, 5.74) is 0.691. The van der Waals surface area contributed by atoms with Crippen molar-refractivity contribution in [2.75, 3.05) is 33.0 Å². The Morgan fingerprint density at radius 3 is 1.71 bits per heavy atom. The number of carbonyl (C=O) groups excluding carboxylic acids is 4. The summed E-state index contributed by atoms with van der Waals surface area (Å²) in [5.74, 6) is -0.612. The van der Waals surface area contributed by atoms with Crippen LogP contribution in [0.25, 0.3) is 0 Å². The monoisotopic (exact) mass is 499 g/mol. The van der Waals surface area contributed by atoms with E-state index in [9.17, 15) is 19.2 Å². The number of hydrogen-bond acceptors (Lipinski definition) is 8. The van der Waals surface area contributed by atoms with Gasteiger partial charge in [0.05, 0.1) is 0 Å². The number of nitrogens with one attached hydrogen (secondary N) is 1. The zero-order valence-corrected chi connectivity index (χ0v) is 22.6. The minimum atomic E-state index is -0.492. The van der Waals surface area contributed by atoms with Gasteiger partial charge < -0.3 is 24.3 Å². The lowest BCUT2D eigenvalue weighted by Gasteiger charge is -2.26. The molecule has 0 aliphatic carbocycles. The molecule has 0 fully saturated rings. The van der Waals surface area contributed by atoms with E-state index in [0.29, 0.717) is 30.0 Å². The van der Waals surface area contributed by atoms with Gasteiger partial charge in [-0.15, -0.1) is 0 Å². The highest BCUT2D eigenvalue weighted by Crippen LogP contribution is 2.24. The van der Waals surface area contributed by atoms with Crippen LogP contribution in [0.4, 0.5) is 4.79 Å². The molecule has 0 radical (unpaired) electrons. The van der Waals surface area contributed by atoms with E-state index in [2.05, 4.69) is 46.2 Å². The van der Waals surface area contributed by atoms with Crippen molar-refractivity contribution in [3.05, 3.63) is 24.3 Å². The third-order valence-corrected chi connectivity index (χ3v) is 4.23. The fourth-order valence-corrected chi connectivity index (χ4v) is 2.74. The summed E-state index contributed by atoms with van der Waals surface area (Å²) in [5, 5.41) is 2.72. The minimum Gasteiger partial charge on any atom is -0.462 e. The number of rotatable bonds is 15. The summed E-state index contributed by atoms with van der Waals surface area (Å²) in [7, 11) is 0. The molecule has 0 aromatic rings. The molecule has 0 rings (SSSR count). The largest absolute Gasteiger partial charge is 0.462 e. The Labute approximate surface area is 210 Å². The molecular formula is C26H45NO8. The Morgan fingerprint density at radius 1 is 0.829 bits per heavy atom. The second-order valence-corrected chi connectivity index (χ2v) is 9.41. The zero-order valence-electron chi connectivity index (χ0n) is 22.6. The maximum absolute atomic E-state index is 11.5. The first-order chi connectivity index (χ1) is 16.2. The summed E-state index contributed by atoms with van der Waals surface area (Å²) in [6, 6.07) is 0. The lowest BCUT2D eigenvalue weighted by Crippen LogP contribution is -2.35. The standard InChI is InChI=1S/C15H27NO4.C11H18O4/c1-11(2)9-15(5,6)10-16-14(18)20-8-7-19-13(17)12(3)4;1-4-5-6-10(12)14-7-8-15-11(13)9(2)3/h11H,3,7-10H2,1-2,4-6H3,(H,16,18);2,4-8H2,1,3H3. The topological polar surface area (TPSA) is 117 Å². The second-order valence-electron chi connectivity index (χ2n) is 9.41. The van der Waals surface area contributed by atoms with Crippen molar-refractivity contribution in [1.82, 2.24) is 5.32 Å². The quantitative estimate of drug-likeness (QED) is 0.149. The van der Waals surface area contributed by atoms with E-state index in [4.69, 9.17) is 18.9 Å². The molecule has 0 heterocycles. The van der Waals surface area contributed by atoms with Gasteiger partial charge in [0.25, 0.3) is 0 Å². The van der Waals surface area contributed by atoms with E-state index in [-0.39, 0.29) is 37.8 Å². The van der Waals surface area contributed by atoms with Crippen molar-refractivity contribution in [3.8, 4) is 0 Å². The summed E-state index contributed by atoms with van der Waals surface area (Å²) < 4.78 is 19.3. The Hall–Kier alpha value is -2.84. The van der Waals surface area contributed by atoms with E-state index < -0.39 is 18.0 Å². The average molecular weight is 500 g/mol. The first kappa shape index (κ1) is 34.3. The van der Waals surface area contributed by atoms with E-state index in [1.54, 1.807) is 13.8 Å². The van der Waals surface area contributed by atoms with Crippen molar-refractivity contribution in [2.45, 2.75) is 74.1 Å². The minimum absolute atomic E-state index is 0.0274. The van der Waals surface area contributed by atoms with Crippen LogP contribution in [-0.4, -0.2) is 57.0 Å². The lowest BCUT2D eigenvalue weighted by atomic mass is 9.84. The molecular weight excluding hydrogens is 454 g/mol. The Bertz CT molecular complexity index is 697. The highest BCUT2D eigenvalue weighted by molar-refractivity contribution is 5.87. The maximum Gasteiger partial charge on any atom is 0.407 e. The van der Waals surface area contributed by atoms with Crippen LogP contribution >= 0.6 is 0 Å². The first-order valence-electron chi connectivity index (χ1n) is 11.9. The molecule has 35 heavy (non-hydrogen) atoms. The molecule has 0 unspecified atom stereocenters. The summed E-state index contributed by atoms with van der Waals surface area (Å²) >= 11 is 0. The van der Waals surface area contributed by atoms with Gasteiger partial charge in [0.15, 0.2) is 0 Å². The maximum atomic E-state index is 11.5. The number of unbranched alkanes of at least 4 members (excludes halogenated alkanes) is 1. The van der Waals surface area contributed by atoms with Gasteiger partial charge in [0.1, 0.15) is 26.4 Å². The van der Waals surface area contributed by atoms with Gasteiger partial charge in [-0.3, -0.25) is 4.79 Å². The molecule has 0 aromatic carbocycles. The predicted molar refractivity (Wildman–Crippen MR) is 135 cm³/mol. The smallest absolute Gasteiger partial charge is 0.407 e. The van der Waals surface area contributed by atoms with E-state index >= 15 is 0 Å². The van der Waals surface area contributed by atoms with Gasteiger partial charge in [0, 0.05) is 24.1 Å². The molecule has 0 saturated heterocycles. The molecule has 0 bridgehead atoms. The van der Waals surface area contributed by atoms with Gasteiger partial charge in [-0.25, -0.2) is 14.4 Å². The van der Waals surface area contributed by atoms with Crippen molar-refractivity contribution in [2.24, 2.45) is 11.3 Å². The van der Waals surface area contributed by atoms with Crippen molar-refractivity contribution < 1.29 is 38.1 Å². The highest BCUT2D eigenvalue weighted by atomic mass is 16.6.